The smallest absolute Gasteiger partial charge is 0.0725 e. The summed E-state index contributed by atoms with van der Waals surface area (Å²) in [5, 5.41) is 0. The van der Waals surface area contributed by atoms with Crippen LogP contribution in [0.15, 0.2) is 219 Å². The molecule has 11 rings (SSSR count). The van der Waals surface area contributed by atoms with E-state index in [1.165, 1.54) is 77.9 Å². The molecule has 1 spiro atoms. The normalized spacial score (nSPS) is 15.9. The molecule has 8 aromatic rings. The summed E-state index contributed by atoms with van der Waals surface area (Å²) >= 11 is 0. The van der Waals surface area contributed by atoms with Crippen molar-refractivity contribution in [2.75, 3.05) is 4.90 Å². The van der Waals surface area contributed by atoms with Crippen molar-refractivity contribution in [3.63, 3.8) is 0 Å². The van der Waals surface area contributed by atoms with E-state index < -0.39 is 5.41 Å². The molecule has 0 radical (unpaired) electrons. The summed E-state index contributed by atoms with van der Waals surface area (Å²) < 4.78 is 0. The number of benzene rings is 8. The number of para-hydroxylation sites is 1. The van der Waals surface area contributed by atoms with Gasteiger partial charge in [0.15, 0.2) is 0 Å². The van der Waals surface area contributed by atoms with Gasteiger partial charge in [0.1, 0.15) is 0 Å². The third-order valence-electron chi connectivity index (χ3n) is 12.9. The van der Waals surface area contributed by atoms with Crippen LogP contribution in [-0.2, 0) is 10.8 Å². The van der Waals surface area contributed by atoms with Crippen molar-refractivity contribution in [1.82, 2.24) is 0 Å². The maximum absolute atomic E-state index is 4.47. The van der Waals surface area contributed by atoms with E-state index >= 15 is 0 Å². The van der Waals surface area contributed by atoms with E-state index in [1.54, 1.807) is 0 Å². The van der Waals surface area contributed by atoms with Gasteiger partial charge in [0.25, 0.3) is 0 Å². The predicted molar refractivity (Wildman–Crippen MR) is 249 cm³/mol. The number of allylic oxidation sites excluding steroid dienone is 5. The van der Waals surface area contributed by atoms with Crippen LogP contribution in [0.1, 0.15) is 47.2 Å². The van der Waals surface area contributed by atoms with Crippen LogP contribution in [0.25, 0.3) is 50.1 Å². The highest BCUT2D eigenvalue weighted by Crippen LogP contribution is 2.63. The van der Waals surface area contributed by atoms with Crippen LogP contribution in [0.2, 0.25) is 0 Å². The lowest BCUT2D eigenvalue weighted by Crippen LogP contribution is -2.25. The van der Waals surface area contributed by atoms with Gasteiger partial charge in [-0.1, -0.05) is 196 Å². The molecule has 0 aliphatic heterocycles. The maximum atomic E-state index is 4.47. The fourth-order valence-corrected chi connectivity index (χ4v) is 10.2. The second-order valence-electron chi connectivity index (χ2n) is 16.6. The second kappa shape index (κ2) is 13.4. The second-order valence-corrected chi connectivity index (χ2v) is 16.6. The summed E-state index contributed by atoms with van der Waals surface area (Å²) in [4.78, 5) is 2.44. The summed E-state index contributed by atoms with van der Waals surface area (Å²) in [6.07, 6.45) is 8.65. The minimum absolute atomic E-state index is 0.210. The zero-order chi connectivity index (χ0) is 39.7. The Morgan fingerprint density at radius 1 is 0.390 bits per heavy atom. The van der Waals surface area contributed by atoms with E-state index in [-0.39, 0.29) is 5.41 Å². The van der Waals surface area contributed by atoms with Crippen molar-refractivity contribution in [1.29, 1.82) is 0 Å². The monoisotopic (exact) mass is 753 g/mol. The van der Waals surface area contributed by atoms with Crippen LogP contribution < -0.4 is 4.90 Å². The van der Waals surface area contributed by atoms with Crippen LogP contribution in [0, 0.1) is 0 Å². The number of nitrogens with zero attached hydrogens (tertiary/aromatic N) is 1. The summed E-state index contributed by atoms with van der Waals surface area (Å²) in [5.74, 6) is 0. The number of fused-ring (bicyclic) bond motifs is 11. The van der Waals surface area contributed by atoms with Crippen molar-refractivity contribution < 1.29 is 0 Å². The van der Waals surface area contributed by atoms with Gasteiger partial charge in [0.2, 0.25) is 0 Å². The minimum Gasteiger partial charge on any atom is -0.310 e. The Labute approximate surface area is 347 Å². The summed E-state index contributed by atoms with van der Waals surface area (Å²) in [5.41, 5.74) is 21.5. The molecule has 0 bridgehead atoms. The highest BCUT2D eigenvalue weighted by Gasteiger charge is 2.51. The molecule has 8 aromatic carbocycles. The van der Waals surface area contributed by atoms with Crippen molar-refractivity contribution in [3.05, 3.63) is 252 Å². The Hall–Kier alpha value is -7.22. The SMILES string of the molecule is C=C1/C=C\C=C/C(C)(C)c2cc(N(c3ccc(-c4ccccc4)cc3)c3ccccc3-c3ccc4c(c3)C3(c5ccccc5-c5ccccc53)c3ccccc3-4)ccc21. The van der Waals surface area contributed by atoms with Gasteiger partial charge in [0.05, 0.1) is 11.1 Å². The molecule has 0 unspecified atom stereocenters. The minimum atomic E-state index is -0.414. The topological polar surface area (TPSA) is 3.24 Å². The first-order valence-corrected chi connectivity index (χ1v) is 20.6. The lowest BCUT2D eigenvalue weighted by atomic mass is 9.70. The van der Waals surface area contributed by atoms with Gasteiger partial charge in [-0.25, -0.2) is 0 Å². The molecule has 0 atom stereocenters. The summed E-state index contributed by atoms with van der Waals surface area (Å²) in [7, 11) is 0. The molecule has 0 N–H and O–H groups in total. The average Bonchev–Trinajstić information content (AvgIpc) is 3.75. The number of hydrogen-bond donors (Lipinski definition) is 0. The van der Waals surface area contributed by atoms with E-state index in [0.29, 0.717) is 0 Å². The lowest BCUT2D eigenvalue weighted by Gasteiger charge is -2.32. The molecule has 1 heteroatoms. The van der Waals surface area contributed by atoms with Crippen LogP contribution in [0.3, 0.4) is 0 Å². The van der Waals surface area contributed by atoms with Gasteiger partial charge in [-0.2, -0.15) is 0 Å². The molecule has 0 heterocycles. The van der Waals surface area contributed by atoms with Crippen LogP contribution in [0.4, 0.5) is 17.1 Å². The number of anilines is 3. The Bertz CT molecular complexity index is 2970. The molecule has 0 amide bonds. The average molecular weight is 754 g/mol. The van der Waals surface area contributed by atoms with Gasteiger partial charge < -0.3 is 4.90 Å². The highest BCUT2D eigenvalue weighted by molar-refractivity contribution is 5.97. The number of hydrogen-bond acceptors (Lipinski definition) is 1. The molecule has 59 heavy (non-hydrogen) atoms. The predicted octanol–water partition coefficient (Wildman–Crippen LogP) is 15.3. The van der Waals surface area contributed by atoms with Crippen molar-refractivity contribution in [2.24, 2.45) is 0 Å². The van der Waals surface area contributed by atoms with Crippen LogP contribution in [-0.4, -0.2) is 0 Å². The first-order valence-electron chi connectivity index (χ1n) is 20.6. The van der Waals surface area contributed by atoms with Gasteiger partial charge in [-0.3, -0.25) is 0 Å². The first kappa shape index (κ1) is 35.0. The summed E-state index contributed by atoms with van der Waals surface area (Å²) in [6, 6.07) is 69.8. The summed E-state index contributed by atoms with van der Waals surface area (Å²) in [6.45, 7) is 9.06. The highest BCUT2D eigenvalue weighted by atomic mass is 15.1. The third kappa shape index (κ3) is 5.31. The van der Waals surface area contributed by atoms with Crippen molar-refractivity contribution in [2.45, 2.75) is 24.7 Å². The van der Waals surface area contributed by atoms with Gasteiger partial charge >= 0.3 is 0 Å². The van der Waals surface area contributed by atoms with E-state index in [2.05, 4.69) is 238 Å². The zero-order valence-corrected chi connectivity index (χ0v) is 33.4. The fourth-order valence-electron chi connectivity index (χ4n) is 10.2. The van der Waals surface area contributed by atoms with Gasteiger partial charge in [-0.05, 0) is 114 Å². The molecule has 280 valence electrons. The van der Waals surface area contributed by atoms with E-state index in [0.717, 1.165) is 22.6 Å². The van der Waals surface area contributed by atoms with Gasteiger partial charge in [-0.15, -0.1) is 0 Å². The zero-order valence-electron chi connectivity index (χ0n) is 33.4. The molecular formula is C58H43N. The molecule has 1 nitrogen and oxygen atoms in total. The first-order chi connectivity index (χ1) is 28.9. The molecule has 3 aliphatic carbocycles. The van der Waals surface area contributed by atoms with Crippen molar-refractivity contribution in [3.8, 4) is 44.5 Å². The molecule has 0 saturated carbocycles. The van der Waals surface area contributed by atoms with Gasteiger partial charge in [0, 0.05) is 22.4 Å². The van der Waals surface area contributed by atoms with Crippen LogP contribution >= 0.6 is 0 Å². The molecule has 0 aromatic heterocycles. The Balaban J connectivity index is 1.13. The molecule has 0 fully saturated rings. The van der Waals surface area contributed by atoms with E-state index in [1.807, 2.05) is 0 Å². The Morgan fingerprint density at radius 2 is 0.898 bits per heavy atom. The molecule has 3 aliphatic rings. The standard InChI is InChI=1S/C58H43N/c1-39-17-15-16-36-57(2,3)54-38-44(33-35-45(39)54)59(43-31-28-41(29-32-43)40-18-5-4-6-19-40)56-27-14-10-20-46(56)42-30-34-50-49-23-9-13-26-53(49)58(55(50)37-42)51-24-11-7-21-47(51)48-22-8-12-25-52(48)58/h4-38H,1H2,2-3H3/b17-15-,36-16-. The van der Waals surface area contributed by atoms with Crippen LogP contribution in [0.5, 0.6) is 0 Å². The fraction of sp³-hybridized carbons (Fsp3) is 0.0690. The van der Waals surface area contributed by atoms with E-state index in [4.69, 9.17) is 0 Å². The Kier molecular flexibility index (Phi) is 7.97. The largest absolute Gasteiger partial charge is 0.310 e. The maximum Gasteiger partial charge on any atom is 0.0725 e. The quantitative estimate of drug-likeness (QED) is 0.169. The third-order valence-corrected chi connectivity index (χ3v) is 12.9. The van der Waals surface area contributed by atoms with Crippen molar-refractivity contribution >= 4 is 22.6 Å². The number of rotatable bonds is 5. The molecular weight excluding hydrogens is 711 g/mol. The van der Waals surface area contributed by atoms with E-state index in [9.17, 15) is 0 Å². The Morgan fingerprint density at radius 3 is 1.56 bits per heavy atom. The lowest BCUT2D eigenvalue weighted by molar-refractivity contribution is 0.667. The molecule has 0 saturated heterocycles.